The van der Waals surface area contributed by atoms with Crippen molar-refractivity contribution in [1.82, 2.24) is 26.6 Å². The number of carboxylic acid groups (broad SMARTS) is 2. The largest absolute Gasteiger partial charge is 0.508 e. The van der Waals surface area contributed by atoms with E-state index >= 15 is 0 Å². The zero-order valence-electron chi connectivity index (χ0n) is 29.0. The van der Waals surface area contributed by atoms with Crippen LogP contribution in [0, 0.1) is 5.92 Å². The number of aromatic hydroxyl groups is 1. The first-order chi connectivity index (χ1) is 24.0. The third-order valence-corrected chi connectivity index (χ3v) is 7.76. The van der Waals surface area contributed by atoms with Crippen LogP contribution in [0.4, 0.5) is 0 Å². The van der Waals surface area contributed by atoms with Crippen LogP contribution in [0.1, 0.15) is 58.1 Å². The molecule has 51 heavy (non-hydrogen) atoms. The number of carbonyl (C=O) groups excluding carboxylic acids is 5. The third-order valence-electron chi connectivity index (χ3n) is 7.76. The van der Waals surface area contributed by atoms with Gasteiger partial charge < -0.3 is 47.6 Å². The zero-order valence-corrected chi connectivity index (χ0v) is 29.0. The van der Waals surface area contributed by atoms with Gasteiger partial charge in [-0.25, -0.2) is 4.79 Å². The van der Waals surface area contributed by atoms with Gasteiger partial charge in [0, 0.05) is 6.42 Å². The van der Waals surface area contributed by atoms with Crippen molar-refractivity contribution < 1.29 is 48.9 Å². The first-order valence-corrected chi connectivity index (χ1v) is 16.5. The fraction of sp³-hybridized carbons (Fsp3) is 0.457. The smallest absolute Gasteiger partial charge is 0.326 e. The number of nitrogens with one attached hydrogen (secondary N) is 5. The summed E-state index contributed by atoms with van der Waals surface area (Å²) in [4.78, 5) is 88.2. The SMILES string of the molecule is CC(C)C[C@H](NC(=O)[C@H](Cc1ccccc1)NC(=O)[C@H](C)NC(=O)[C@H](C)NC(=O)[C@H](CCc1ccc(O)cc1)NC(=O)[C@@H](N)CC(=O)O)C(=O)O. The lowest BCUT2D eigenvalue weighted by atomic mass is 10.0. The molecule has 0 saturated heterocycles. The zero-order chi connectivity index (χ0) is 38.2. The summed E-state index contributed by atoms with van der Waals surface area (Å²) in [6.45, 7) is 6.33. The number of carboxylic acids is 2. The van der Waals surface area contributed by atoms with Gasteiger partial charge in [-0.15, -0.1) is 0 Å². The molecule has 10 N–H and O–H groups in total. The molecular formula is C35H48N6O10. The van der Waals surface area contributed by atoms with Crippen LogP contribution < -0.4 is 32.3 Å². The second-order valence-corrected chi connectivity index (χ2v) is 12.7. The van der Waals surface area contributed by atoms with Gasteiger partial charge in [0.05, 0.1) is 12.5 Å². The van der Waals surface area contributed by atoms with E-state index in [4.69, 9.17) is 10.8 Å². The number of aliphatic carboxylic acids is 2. The first kappa shape index (κ1) is 41.7. The molecule has 0 aliphatic carbocycles. The van der Waals surface area contributed by atoms with E-state index in [-0.39, 0.29) is 37.4 Å². The first-order valence-electron chi connectivity index (χ1n) is 16.5. The summed E-state index contributed by atoms with van der Waals surface area (Å²) in [5.41, 5.74) is 7.08. The van der Waals surface area contributed by atoms with Crippen molar-refractivity contribution in [2.45, 2.75) is 96.1 Å². The predicted octanol–water partition coefficient (Wildman–Crippen LogP) is -0.0360. The number of phenolic OH excluding ortho intramolecular Hbond substituents is 1. The number of carbonyl (C=O) groups is 7. The molecule has 0 aliphatic heterocycles. The number of hydrogen-bond acceptors (Lipinski definition) is 9. The second kappa shape index (κ2) is 20.2. The Balaban J connectivity index is 2.11. The maximum Gasteiger partial charge on any atom is 0.326 e. The number of amides is 5. The number of nitrogens with two attached hydrogens (primary N) is 1. The maximum atomic E-state index is 13.3. The molecular weight excluding hydrogens is 664 g/mol. The highest BCUT2D eigenvalue weighted by atomic mass is 16.4. The fourth-order valence-electron chi connectivity index (χ4n) is 4.91. The van der Waals surface area contributed by atoms with Gasteiger partial charge in [-0.2, -0.15) is 0 Å². The monoisotopic (exact) mass is 712 g/mol. The molecule has 0 unspecified atom stereocenters. The molecule has 2 aromatic rings. The van der Waals surface area contributed by atoms with Crippen molar-refractivity contribution in [1.29, 1.82) is 0 Å². The molecule has 16 nitrogen and oxygen atoms in total. The average Bonchev–Trinajstić information content (AvgIpc) is 3.06. The van der Waals surface area contributed by atoms with Crippen LogP contribution in [0.15, 0.2) is 54.6 Å². The Morgan fingerprint density at radius 3 is 1.69 bits per heavy atom. The Morgan fingerprint density at radius 1 is 0.627 bits per heavy atom. The molecule has 0 heterocycles. The Kier molecular flexibility index (Phi) is 16.5. The summed E-state index contributed by atoms with van der Waals surface area (Å²) in [7, 11) is 0. The lowest BCUT2D eigenvalue weighted by Crippen LogP contribution is -2.58. The quantitative estimate of drug-likeness (QED) is 0.0880. The minimum Gasteiger partial charge on any atom is -0.508 e. The number of benzene rings is 2. The Bertz CT molecular complexity index is 1520. The van der Waals surface area contributed by atoms with Crippen molar-refractivity contribution >= 4 is 41.5 Å². The van der Waals surface area contributed by atoms with E-state index in [9.17, 15) is 43.8 Å². The van der Waals surface area contributed by atoms with E-state index in [2.05, 4.69) is 26.6 Å². The van der Waals surface area contributed by atoms with Gasteiger partial charge in [0.15, 0.2) is 0 Å². The van der Waals surface area contributed by atoms with Crippen molar-refractivity contribution in [2.24, 2.45) is 11.7 Å². The third kappa shape index (κ3) is 14.9. The molecule has 2 rings (SSSR count). The summed E-state index contributed by atoms with van der Waals surface area (Å²) < 4.78 is 0. The molecule has 16 heteroatoms. The molecule has 6 atom stereocenters. The lowest BCUT2D eigenvalue weighted by molar-refractivity contribution is -0.142. The van der Waals surface area contributed by atoms with E-state index in [1.165, 1.54) is 26.0 Å². The molecule has 5 amide bonds. The Labute approximate surface area is 295 Å². The topological polar surface area (TPSA) is 266 Å². The van der Waals surface area contributed by atoms with Gasteiger partial charge in [0.1, 0.15) is 36.0 Å². The van der Waals surface area contributed by atoms with Crippen LogP contribution in [-0.4, -0.2) is 93.0 Å². The van der Waals surface area contributed by atoms with E-state index in [0.29, 0.717) is 5.56 Å². The summed E-state index contributed by atoms with van der Waals surface area (Å²) in [5, 5.41) is 40.6. The van der Waals surface area contributed by atoms with Crippen molar-refractivity contribution in [3.63, 3.8) is 0 Å². The highest BCUT2D eigenvalue weighted by molar-refractivity contribution is 5.96. The molecule has 0 spiro atoms. The van der Waals surface area contributed by atoms with Crippen LogP contribution >= 0.6 is 0 Å². The van der Waals surface area contributed by atoms with E-state index in [1.807, 2.05) is 13.8 Å². The molecule has 0 fully saturated rings. The standard InChI is InChI=1S/C35H48N6O10/c1-19(2)16-28(35(50)51)41-34(49)27(17-23-8-6-5-7-9-23)40-31(46)21(4)37-30(45)20(3)38-33(48)26(39-32(47)25(36)18-29(43)44)15-12-22-10-13-24(42)14-11-22/h5-11,13-14,19-21,25-28,42H,12,15-18,36H2,1-4H3,(H,37,45)(H,38,48)(H,39,47)(H,40,46)(H,41,49)(H,43,44)(H,50,51)/t20-,21-,25-,26-,27-,28-/m0/s1. The maximum absolute atomic E-state index is 13.3. The number of rotatable bonds is 20. The Morgan fingerprint density at radius 2 is 1.14 bits per heavy atom. The number of phenols is 1. The lowest BCUT2D eigenvalue weighted by Gasteiger charge is -2.25. The average molecular weight is 713 g/mol. The van der Waals surface area contributed by atoms with Gasteiger partial charge in [0.25, 0.3) is 0 Å². The summed E-state index contributed by atoms with van der Waals surface area (Å²) in [5.74, 6) is -6.44. The van der Waals surface area contributed by atoms with Crippen LogP contribution in [0.5, 0.6) is 5.75 Å². The molecule has 2 aromatic carbocycles. The van der Waals surface area contributed by atoms with Crippen LogP contribution in [0.25, 0.3) is 0 Å². The predicted molar refractivity (Wildman–Crippen MR) is 185 cm³/mol. The van der Waals surface area contributed by atoms with Gasteiger partial charge in [-0.05, 0) is 62.3 Å². The van der Waals surface area contributed by atoms with Crippen molar-refractivity contribution in [3.05, 3.63) is 65.7 Å². The normalized spacial score (nSPS) is 14.5. The molecule has 278 valence electrons. The van der Waals surface area contributed by atoms with Gasteiger partial charge in [0.2, 0.25) is 29.5 Å². The van der Waals surface area contributed by atoms with E-state index < -0.39 is 84.1 Å². The number of hydrogen-bond donors (Lipinski definition) is 9. The minimum absolute atomic E-state index is 0.0278. The van der Waals surface area contributed by atoms with Gasteiger partial charge >= 0.3 is 11.9 Å². The van der Waals surface area contributed by atoms with Crippen LogP contribution in [0.3, 0.4) is 0 Å². The molecule has 0 saturated carbocycles. The van der Waals surface area contributed by atoms with Crippen molar-refractivity contribution in [2.75, 3.05) is 0 Å². The Hall–Kier alpha value is -5.51. The molecule has 0 aromatic heterocycles. The summed E-state index contributed by atoms with van der Waals surface area (Å²) in [6.07, 6.45) is -0.192. The highest BCUT2D eigenvalue weighted by Gasteiger charge is 2.31. The van der Waals surface area contributed by atoms with Gasteiger partial charge in [-0.1, -0.05) is 56.3 Å². The minimum atomic E-state index is -1.44. The highest BCUT2D eigenvalue weighted by Crippen LogP contribution is 2.13. The van der Waals surface area contributed by atoms with Crippen LogP contribution in [-0.2, 0) is 46.4 Å². The van der Waals surface area contributed by atoms with Gasteiger partial charge in [-0.3, -0.25) is 28.8 Å². The molecule has 0 aliphatic rings. The fourth-order valence-corrected chi connectivity index (χ4v) is 4.91. The molecule has 0 radical (unpaired) electrons. The number of aryl methyl sites for hydroxylation is 1. The van der Waals surface area contributed by atoms with Crippen molar-refractivity contribution in [3.8, 4) is 5.75 Å². The summed E-state index contributed by atoms with van der Waals surface area (Å²) in [6, 6.07) is 7.43. The van der Waals surface area contributed by atoms with E-state index in [0.717, 1.165) is 5.56 Å². The second-order valence-electron chi connectivity index (χ2n) is 12.7. The molecule has 0 bridgehead atoms. The van der Waals surface area contributed by atoms with Crippen LogP contribution in [0.2, 0.25) is 0 Å². The summed E-state index contributed by atoms with van der Waals surface area (Å²) >= 11 is 0. The van der Waals surface area contributed by atoms with E-state index in [1.54, 1.807) is 42.5 Å².